The molecule has 0 radical (unpaired) electrons. The van der Waals surface area contributed by atoms with E-state index in [-0.39, 0.29) is 0 Å². The summed E-state index contributed by atoms with van der Waals surface area (Å²) in [5.41, 5.74) is 5.30. The summed E-state index contributed by atoms with van der Waals surface area (Å²) in [6, 6.07) is 21.8. The van der Waals surface area contributed by atoms with Gasteiger partial charge in [0.2, 0.25) is 0 Å². The number of aliphatic hydroxyl groups excluding tert-OH is 1. The Hall–Kier alpha value is -2.59. The molecule has 180 valence electrons. The largest absolute Gasteiger partial charge is 0.497 e. The second-order valence-electron chi connectivity index (χ2n) is 10.4. The van der Waals surface area contributed by atoms with E-state index in [9.17, 15) is 0 Å². The minimum Gasteiger partial charge on any atom is -0.497 e. The number of benzene rings is 2. The minimum absolute atomic E-state index is 0.417. The van der Waals surface area contributed by atoms with Crippen LogP contribution in [0.4, 0.5) is 0 Å². The molecule has 0 unspecified atom stereocenters. The molecule has 6 rings (SSSR count). The lowest BCUT2D eigenvalue weighted by Gasteiger charge is -2.27. The van der Waals surface area contributed by atoms with Crippen LogP contribution in [0.15, 0.2) is 60.7 Å². The number of ether oxygens (including phenoxy) is 1. The van der Waals surface area contributed by atoms with Gasteiger partial charge in [0.1, 0.15) is 5.75 Å². The van der Waals surface area contributed by atoms with Gasteiger partial charge in [0.15, 0.2) is 0 Å². The Morgan fingerprint density at radius 2 is 1.47 bits per heavy atom. The summed E-state index contributed by atoms with van der Waals surface area (Å²) in [4.78, 5) is 0. The quantitative estimate of drug-likeness (QED) is 0.423. The van der Waals surface area contributed by atoms with E-state index in [0.29, 0.717) is 24.4 Å². The summed E-state index contributed by atoms with van der Waals surface area (Å²) in [5, 5.41) is 13.3. The zero-order chi connectivity index (χ0) is 23.3. The van der Waals surface area contributed by atoms with Crippen LogP contribution in [0.5, 0.6) is 5.75 Å². The van der Waals surface area contributed by atoms with Crippen molar-refractivity contribution in [3.05, 3.63) is 71.9 Å². The van der Waals surface area contributed by atoms with Gasteiger partial charge in [0, 0.05) is 24.6 Å². The first-order valence-electron chi connectivity index (χ1n) is 13.1. The molecule has 2 aromatic carbocycles. The molecule has 4 nitrogen and oxygen atoms in total. The highest BCUT2D eigenvalue weighted by Crippen LogP contribution is 2.41. The first-order chi connectivity index (χ1) is 16.7. The van der Waals surface area contributed by atoms with E-state index in [1.54, 1.807) is 7.11 Å². The Morgan fingerprint density at radius 3 is 2.03 bits per heavy atom. The van der Waals surface area contributed by atoms with E-state index in [4.69, 9.17) is 14.9 Å². The van der Waals surface area contributed by atoms with Crippen molar-refractivity contribution in [3.8, 4) is 17.0 Å². The predicted molar refractivity (Wildman–Crippen MR) is 137 cm³/mol. The number of hydrogen-bond donors (Lipinski definition) is 1. The van der Waals surface area contributed by atoms with Crippen LogP contribution >= 0.6 is 0 Å². The molecule has 1 N–H and O–H groups in total. The van der Waals surface area contributed by atoms with Crippen molar-refractivity contribution in [2.24, 2.45) is 11.8 Å². The molecule has 3 aliphatic carbocycles. The molecule has 0 saturated heterocycles. The monoisotopic (exact) mass is 458 g/mol. The van der Waals surface area contributed by atoms with Gasteiger partial charge >= 0.3 is 0 Å². The van der Waals surface area contributed by atoms with Gasteiger partial charge in [-0.05, 0) is 105 Å². The molecule has 4 heteroatoms. The van der Waals surface area contributed by atoms with Gasteiger partial charge in [0.05, 0.1) is 18.5 Å². The predicted octanol–water partition coefficient (Wildman–Crippen LogP) is 6.80. The third kappa shape index (κ3) is 5.90. The van der Waals surface area contributed by atoms with Crippen molar-refractivity contribution in [2.45, 2.75) is 69.7 Å². The molecule has 1 aromatic heterocycles. The minimum atomic E-state index is 0.417. The van der Waals surface area contributed by atoms with Crippen LogP contribution in [0.25, 0.3) is 11.3 Å². The van der Waals surface area contributed by atoms with Crippen molar-refractivity contribution < 1.29 is 9.84 Å². The molecule has 0 spiro atoms. The van der Waals surface area contributed by atoms with Crippen LogP contribution in [0.1, 0.15) is 74.5 Å². The Kier molecular flexibility index (Phi) is 7.34. The lowest BCUT2D eigenvalue weighted by molar-refractivity contribution is 0.277. The molecule has 0 aliphatic heterocycles. The molecule has 0 bridgehead atoms. The summed E-state index contributed by atoms with van der Waals surface area (Å²) in [6.45, 7) is 1.47. The molecule has 34 heavy (non-hydrogen) atoms. The topological polar surface area (TPSA) is 47.3 Å². The van der Waals surface area contributed by atoms with Gasteiger partial charge in [-0.3, -0.25) is 4.68 Å². The fourth-order valence-electron chi connectivity index (χ4n) is 5.06. The van der Waals surface area contributed by atoms with E-state index in [0.717, 1.165) is 18.2 Å². The second kappa shape index (κ2) is 10.8. The fourth-order valence-corrected chi connectivity index (χ4v) is 5.06. The lowest BCUT2D eigenvalue weighted by Crippen LogP contribution is -2.13. The number of aliphatic hydroxyl groups is 1. The molecule has 0 atom stereocenters. The van der Waals surface area contributed by atoms with Crippen molar-refractivity contribution >= 4 is 0 Å². The number of nitrogens with zero attached hydrogens (tertiary/aromatic N) is 2. The SMILES string of the molecule is COc1ccc(-c2cc(C3CCC(c4ccccc4)CC3)nn2CC2CC2)cc1.OCC1CC1. The van der Waals surface area contributed by atoms with Gasteiger partial charge in [-0.2, -0.15) is 5.10 Å². The van der Waals surface area contributed by atoms with Crippen molar-refractivity contribution in [1.82, 2.24) is 9.78 Å². The van der Waals surface area contributed by atoms with Crippen LogP contribution in [0.2, 0.25) is 0 Å². The highest BCUT2D eigenvalue weighted by atomic mass is 16.5. The van der Waals surface area contributed by atoms with Crippen LogP contribution in [-0.4, -0.2) is 28.6 Å². The van der Waals surface area contributed by atoms with Gasteiger partial charge < -0.3 is 9.84 Å². The Balaban J connectivity index is 0.000000429. The normalized spacial score (nSPS) is 22.1. The number of hydrogen-bond acceptors (Lipinski definition) is 3. The summed E-state index contributed by atoms with van der Waals surface area (Å²) in [7, 11) is 1.72. The third-order valence-electron chi connectivity index (χ3n) is 7.68. The Bertz CT molecular complexity index is 1030. The highest BCUT2D eigenvalue weighted by Gasteiger charge is 2.28. The van der Waals surface area contributed by atoms with Crippen molar-refractivity contribution in [1.29, 1.82) is 0 Å². The fraction of sp³-hybridized carbons (Fsp3) is 0.500. The zero-order valence-electron chi connectivity index (χ0n) is 20.4. The smallest absolute Gasteiger partial charge is 0.118 e. The summed E-state index contributed by atoms with van der Waals surface area (Å²) < 4.78 is 7.61. The average Bonchev–Trinajstić information content (AvgIpc) is 3.84. The Labute approximate surface area is 204 Å². The van der Waals surface area contributed by atoms with E-state index in [1.807, 2.05) is 0 Å². The first-order valence-corrected chi connectivity index (χ1v) is 13.1. The van der Waals surface area contributed by atoms with Crippen molar-refractivity contribution in [2.75, 3.05) is 13.7 Å². The number of aromatic nitrogens is 2. The molecule has 1 heterocycles. The Morgan fingerprint density at radius 1 is 0.824 bits per heavy atom. The van der Waals surface area contributed by atoms with E-state index in [1.165, 1.54) is 73.9 Å². The molecule has 3 aliphatic rings. The molecular weight excluding hydrogens is 420 g/mol. The molecular formula is C30H38N2O2. The molecule has 0 amide bonds. The summed E-state index contributed by atoms with van der Waals surface area (Å²) in [5.74, 6) is 3.71. The van der Waals surface area contributed by atoms with Crippen molar-refractivity contribution in [3.63, 3.8) is 0 Å². The van der Waals surface area contributed by atoms with Gasteiger partial charge in [-0.15, -0.1) is 0 Å². The van der Waals surface area contributed by atoms with Gasteiger partial charge in [-0.1, -0.05) is 30.3 Å². The number of methoxy groups -OCH3 is 1. The first kappa shape index (κ1) is 23.2. The van der Waals surface area contributed by atoms with E-state index < -0.39 is 0 Å². The van der Waals surface area contributed by atoms with Crippen LogP contribution in [0.3, 0.4) is 0 Å². The molecule has 3 saturated carbocycles. The third-order valence-corrected chi connectivity index (χ3v) is 7.68. The zero-order valence-corrected chi connectivity index (χ0v) is 20.4. The van der Waals surface area contributed by atoms with Crippen LogP contribution in [-0.2, 0) is 6.54 Å². The van der Waals surface area contributed by atoms with Crippen LogP contribution in [0, 0.1) is 11.8 Å². The van der Waals surface area contributed by atoms with E-state index >= 15 is 0 Å². The van der Waals surface area contributed by atoms with Crippen LogP contribution < -0.4 is 4.74 Å². The van der Waals surface area contributed by atoms with E-state index in [2.05, 4.69) is 65.3 Å². The standard InChI is InChI=1S/C26H30N2O.C4H8O/c1-29-24-15-13-23(14-16-24)26-17-25(27-28(26)18-19-7-8-19)22-11-9-21(10-12-22)20-5-3-2-4-6-20;5-3-4-1-2-4/h2-6,13-17,19,21-22H,7-12,18H2,1H3;4-5H,1-3H2. The average molecular weight is 459 g/mol. The number of rotatable bonds is 7. The van der Waals surface area contributed by atoms with Gasteiger partial charge in [-0.25, -0.2) is 0 Å². The maximum absolute atomic E-state index is 8.21. The maximum atomic E-state index is 8.21. The maximum Gasteiger partial charge on any atom is 0.118 e. The molecule has 3 aromatic rings. The lowest BCUT2D eigenvalue weighted by atomic mass is 9.77. The molecule has 3 fully saturated rings. The summed E-state index contributed by atoms with van der Waals surface area (Å²) in [6.07, 6.45) is 10.2. The summed E-state index contributed by atoms with van der Waals surface area (Å²) >= 11 is 0. The van der Waals surface area contributed by atoms with Gasteiger partial charge in [0.25, 0.3) is 0 Å². The highest BCUT2D eigenvalue weighted by molar-refractivity contribution is 5.61. The second-order valence-corrected chi connectivity index (χ2v) is 10.4.